The minimum Gasteiger partial charge on any atom is -0.378 e. The Morgan fingerprint density at radius 1 is 1.22 bits per heavy atom. The minimum absolute atomic E-state index is 0.137. The van der Waals surface area contributed by atoms with Crippen LogP contribution in [0.5, 0.6) is 0 Å². The molecule has 1 atom stereocenters. The molecule has 1 aliphatic heterocycles. The Morgan fingerprint density at radius 2 is 1.96 bits per heavy atom. The zero-order valence-corrected chi connectivity index (χ0v) is 13.8. The first kappa shape index (κ1) is 16.0. The van der Waals surface area contributed by atoms with Crippen LogP contribution in [-0.2, 0) is 9.53 Å². The normalized spacial score (nSPS) is 16.1. The number of hydrogen-bond donors (Lipinski definition) is 0. The van der Waals surface area contributed by atoms with Crippen molar-refractivity contribution in [2.24, 2.45) is 0 Å². The average molecular weight is 329 g/mol. The van der Waals surface area contributed by atoms with Crippen molar-refractivity contribution in [3.63, 3.8) is 0 Å². The Morgan fingerprint density at radius 3 is 2.70 bits per heavy atom. The van der Waals surface area contributed by atoms with E-state index in [1.807, 2.05) is 48.2 Å². The highest BCUT2D eigenvalue weighted by Gasteiger charge is 2.23. The molecule has 0 bridgehead atoms. The molecule has 3 rings (SSSR count). The molecule has 1 aromatic carbocycles. The monoisotopic (exact) mass is 329 g/mol. The van der Waals surface area contributed by atoms with Gasteiger partial charge in [-0.05, 0) is 13.0 Å². The van der Waals surface area contributed by atoms with Gasteiger partial charge in [0, 0.05) is 18.7 Å². The second-order valence-corrected chi connectivity index (χ2v) is 6.67. The second-order valence-electron chi connectivity index (χ2n) is 5.31. The molecule has 0 saturated carbocycles. The molecule has 1 aromatic heterocycles. The zero-order valence-electron chi connectivity index (χ0n) is 13.0. The summed E-state index contributed by atoms with van der Waals surface area (Å²) in [7, 11) is 0. The number of carbonyl (C=O) groups is 1. The summed E-state index contributed by atoms with van der Waals surface area (Å²) in [6.45, 7) is 4.50. The van der Waals surface area contributed by atoms with Gasteiger partial charge in [-0.3, -0.25) is 4.79 Å². The van der Waals surface area contributed by atoms with Crippen LogP contribution in [0.25, 0.3) is 11.3 Å². The Bertz CT molecular complexity index is 660. The number of benzene rings is 1. The summed E-state index contributed by atoms with van der Waals surface area (Å²) >= 11 is 1.47. The van der Waals surface area contributed by atoms with E-state index < -0.39 is 0 Å². The largest absolute Gasteiger partial charge is 0.378 e. The molecule has 5 nitrogen and oxygen atoms in total. The molecule has 2 aromatic rings. The summed E-state index contributed by atoms with van der Waals surface area (Å²) < 4.78 is 5.29. The van der Waals surface area contributed by atoms with Crippen molar-refractivity contribution >= 4 is 17.7 Å². The van der Waals surface area contributed by atoms with E-state index in [1.165, 1.54) is 11.8 Å². The fourth-order valence-electron chi connectivity index (χ4n) is 2.44. The Hall–Kier alpha value is -1.92. The van der Waals surface area contributed by atoms with Gasteiger partial charge in [0.15, 0.2) is 0 Å². The van der Waals surface area contributed by atoms with Crippen LogP contribution in [0.3, 0.4) is 0 Å². The molecule has 0 unspecified atom stereocenters. The SMILES string of the molecule is C[C@@H](Sc1cc(-c2ccccc2)ncn1)C(=O)N1CCOCC1. The molecule has 1 saturated heterocycles. The molecule has 1 amide bonds. The molecule has 0 aliphatic carbocycles. The quantitative estimate of drug-likeness (QED) is 0.637. The predicted octanol–water partition coefficient (Wildman–Crippen LogP) is 2.48. The molecular weight excluding hydrogens is 310 g/mol. The average Bonchev–Trinajstić information content (AvgIpc) is 2.63. The Kier molecular flexibility index (Phi) is 5.25. The number of carbonyl (C=O) groups excluding carboxylic acids is 1. The number of aromatic nitrogens is 2. The van der Waals surface area contributed by atoms with Crippen molar-refractivity contribution < 1.29 is 9.53 Å². The van der Waals surface area contributed by atoms with Gasteiger partial charge in [0.05, 0.1) is 24.2 Å². The first-order valence-electron chi connectivity index (χ1n) is 7.65. The molecule has 23 heavy (non-hydrogen) atoms. The maximum Gasteiger partial charge on any atom is 0.235 e. The van der Waals surface area contributed by atoms with Gasteiger partial charge >= 0.3 is 0 Å². The molecule has 120 valence electrons. The summed E-state index contributed by atoms with van der Waals surface area (Å²) in [6.07, 6.45) is 1.55. The van der Waals surface area contributed by atoms with Crippen LogP contribution in [0.4, 0.5) is 0 Å². The zero-order chi connectivity index (χ0) is 16.1. The van der Waals surface area contributed by atoms with Gasteiger partial charge in [-0.15, -0.1) is 0 Å². The van der Waals surface area contributed by atoms with E-state index in [4.69, 9.17) is 4.74 Å². The highest BCUT2D eigenvalue weighted by atomic mass is 32.2. The molecule has 0 radical (unpaired) electrons. The lowest BCUT2D eigenvalue weighted by Crippen LogP contribution is -2.44. The summed E-state index contributed by atoms with van der Waals surface area (Å²) in [4.78, 5) is 22.9. The molecular formula is C17H19N3O2S. The maximum absolute atomic E-state index is 12.5. The predicted molar refractivity (Wildman–Crippen MR) is 90.2 cm³/mol. The molecule has 0 spiro atoms. The molecule has 6 heteroatoms. The van der Waals surface area contributed by atoms with Crippen LogP contribution < -0.4 is 0 Å². The lowest BCUT2D eigenvalue weighted by atomic mass is 10.1. The molecule has 1 fully saturated rings. The van der Waals surface area contributed by atoms with Gasteiger partial charge in [0.2, 0.25) is 5.91 Å². The van der Waals surface area contributed by atoms with Crippen LogP contribution >= 0.6 is 11.8 Å². The minimum atomic E-state index is -0.174. The summed E-state index contributed by atoms with van der Waals surface area (Å²) in [5.41, 5.74) is 1.91. The fourth-order valence-corrected chi connectivity index (χ4v) is 3.34. The van der Waals surface area contributed by atoms with E-state index in [1.54, 1.807) is 6.33 Å². The number of rotatable bonds is 4. The fraction of sp³-hybridized carbons (Fsp3) is 0.353. The van der Waals surface area contributed by atoms with Gasteiger partial charge in [-0.25, -0.2) is 9.97 Å². The number of amides is 1. The van der Waals surface area contributed by atoms with Crippen molar-refractivity contribution in [2.45, 2.75) is 17.2 Å². The van der Waals surface area contributed by atoms with Crippen LogP contribution in [0.15, 0.2) is 47.8 Å². The van der Waals surface area contributed by atoms with Crippen molar-refractivity contribution in [3.05, 3.63) is 42.7 Å². The smallest absolute Gasteiger partial charge is 0.235 e. The second kappa shape index (κ2) is 7.57. The van der Waals surface area contributed by atoms with Crippen molar-refractivity contribution in [1.82, 2.24) is 14.9 Å². The summed E-state index contributed by atoms with van der Waals surface area (Å²) in [5, 5.41) is 0.639. The van der Waals surface area contributed by atoms with Gasteiger partial charge in [0.1, 0.15) is 11.4 Å². The third-order valence-corrected chi connectivity index (χ3v) is 4.70. The number of hydrogen-bond acceptors (Lipinski definition) is 5. The van der Waals surface area contributed by atoms with E-state index in [2.05, 4.69) is 9.97 Å². The van der Waals surface area contributed by atoms with Crippen LogP contribution in [-0.4, -0.2) is 52.3 Å². The van der Waals surface area contributed by atoms with Crippen LogP contribution in [0.1, 0.15) is 6.92 Å². The van der Waals surface area contributed by atoms with Gasteiger partial charge < -0.3 is 9.64 Å². The highest BCUT2D eigenvalue weighted by molar-refractivity contribution is 8.00. The number of morpholine rings is 1. The van der Waals surface area contributed by atoms with Crippen molar-refractivity contribution in [3.8, 4) is 11.3 Å². The van der Waals surface area contributed by atoms with Crippen molar-refractivity contribution in [2.75, 3.05) is 26.3 Å². The van der Waals surface area contributed by atoms with Crippen molar-refractivity contribution in [1.29, 1.82) is 0 Å². The number of nitrogens with zero attached hydrogens (tertiary/aromatic N) is 3. The van der Waals surface area contributed by atoms with Gasteiger partial charge in [0.25, 0.3) is 0 Å². The first-order chi connectivity index (χ1) is 11.2. The number of ether oxygens (including phenoxy) is 1. The first-order valence-corrected chi connectivity index (χ1v) is 8.52. The lowest BCUT2D eigenvalue weighted by Gasteiger charge is -2.28. The van der Waals surface area contributed by atoms with E-state index in [-0.39, 0.29) is 11.2 Å². The Balaban J connectivity index is 1.69. The van der Waals surface area contributed by atoms with Crippen LogP contribution in [0.2, 0.25) is 0 Å². The standard InChI is InChI=1S/C17H19N3O2S/c1-13(17(21)20-7-9-22-10-8-20)23-16-11-15(18-12-19-16)14-5-3-2-4-6-14/h2-6,11-13H,7-10H2,1H3/t13-/m1/s1. The van der Waals surface area contributed by atoms with E-state index in [9.17, 15) is 4.79 Å². The van der Waals surface area contributed by atoms with E-state index in [0.717, 1.165) is 16.3 Å². The lowest BCUT2D eigenvalue weighted by molar-refractivity contribution is -0.134. The highest BCUT2D eigenvalue weighted by Crippen LogP contribution is 2.26. The van der Waals surface area contributed by atoms with Gasteiger partial charge in [-0.1, -0.05) is 42.1 Å². The third-order valence-electron chi connectivity index (χ3n) is 3.68. The topological polar surface area (TPSA) is 55.3 Å². The molecule has 2 heterocycles. The molecule has 1 aliphatic rings. The number of thioether (sulfide) groups is 1. The summed E-state index contributed by atoms with van der Waals surface area (Å²) in [6, 6.07) is 11.9. The van der Waals surface area contributed by atoms with E-state index in [0.29, 0.717) is 26.3 Å². The maximum atomic E-state index is 12.5. The van der Waals surface area contributed by atoms with E-state index >= 15 is 0 Å². The molecule has 0 N–H and O–H groups in total. The van der Waals surface area contributed by atoms with Crippen LogP contribution in [0, 0.1) is 0 Å². The van der Waals surface area contributed by atoms with Gasteiger partial charge in [-0.2, -0.15) is 0 Å². The Labute approximate surface area is 140 Å². The summed E-state index contributed by atoms with van der Waals surface area (Å²) in [5.74, 6) is 0.137. The third kappa shape index (κ3) is 4.09.